The van der Waals surface area contributed by atoms with E-state index in [1.807, 2.05) is 47.3 Å². The average molecular weight is 327 g/mol. The first-order chi connectivity index (χ1) is 10.7. The number of hydrogen-bond acceptors (Lipinski definition) is 0. The zero-order chi connectivity index (χ0) is 15.5. The number of hydrogen-bond donors (Lipinski definition) is 0. The molecule has 0 radical (unpaired) electrons. The SMILES string of the molecule is CC#Cc1cn(-c2cc[c-]cc2)cc1-c1ccc(C)c(F)c1.[K+]. The predicted molar refractivity (Wildman–Crippen MR) is 87.3 cm³/mol. The van der Waals surface area contributed by atoms with E-state index >= 15 is 0 Å². The molecule has 1 heterocycles. The third-order valence-corrected chi connectivity index (χ3v) is 3.57. The van der Waals surface area contributed by atoms with Crippen LogP contribution in [0.15, 0.2) is 54.9 Å². The molecular formula is C20H15FKN. The molecule has 0 amide bonds. The summed E-state index contributed by atoms with van der Waals surface area (Å²) in [5.41, 5.74) is 4.32. The number of halogens is 1. The van der Waals surface area contributed by atoms with Crippen molar-refractivity contribution in [2.45, 2.75) is 13.8 Å². The molecule has 0 aliphatic carbocycles. The molecule has 0 aliphatic heterocycles. The van der Waals surface area contributed by atoms with Crippen LogP contribution in [0.25, 0.3) is 16.8 Å². The standard InChI is InChI=1S/C20H15FN.K/c1-3-7-17-13-22(18-8-5-4-6-9-18)14-19(17)16-11-10-15(2)20(21)12-16;/h5-6,8-14H,1-2H3;/q-1;+1. The molecule has 0 unspecified atom stereocenters. The van der Waals surface area contributed by atoms with Crippen LogP contribution in [0.5, 0.6) is 0 Å². The molecule has 23 heavy (non-hydrogen) atoms. The Morgan fingerprint density at radius 3 is 2.48 bits per heavy atom. The van der Waals surface area contributed by atoms with E-state index in [0.29, 0.717) is 5.56 Å². The maximum absolute atomic E-state index is 13.9. The third kappa shape index (κ3) is 4.03. The van der Waals surface area contributed by atoms with Crippen LogP contribution in [-0.2, 0) is 0 Å². The number of aryl methyl sites for hydroxylation is 1. The zero-order valence-corrected chi connectivity index (χ0v) is 16.6. The Hall–Kier alpha value is -1.15. The molecule has 0 spiro atoms. The molecule has 2 aromatic carbocycles. The Kier molecular flexibility index (Phi) is 6.40. The minimum atomic E-state index is -0.199. The predicted octanol–water partition coefficient (Wildman–Crippen LogP) is 1.77. The molecule has 0 bridgehead atoms. The number of benzene rings is 2. The van der Waals surface area contributed by atoms with E-state index in [2.05, 4.69) is 17.9 Å². The van der Waals surface area contributed by atoms with Crippen molar-refractivity contribution >= 4 is 0 Å². The second-order valence-corrected chi connectivity index (χ2v) is 5.09. The summed E-state index contributed by atoms with van der Waals surface area (Å²) in [6, 6.07) is 16.0. The van der Waals surface area contributed by atoms with Crippen molar-refractivity contribution < 1.29 is 55.8 Å². The van der Waals surface area contributed by atoms with Gasteiger partial charge in [0, 0.05) is 18.0 Å². The molecule has 0 atom stereocenters. The van der Waals surface area contributed by atoms with Gasteiger partial charge in [-0.3, -0.25) is 0 Å². The fourth-order valence-electron chi connectivity index (χ4n) is 2.38. The van der Waals surface area contributed by atoms with Gasteiger partial charge in [-0.25, -0.2) is 4.39 Å². The van der Waals surface area contributed by atoms with Crippen LogP contribution in [0, 0.1) is 30.6 Å². The van der Waals surface area contributed by atoms with Crippen molar-refractivity contribution in [2.24, 2.45) is 0 Å². The van der Waals surface area contributed by atoms with Gasteiger partial charge in [-0.15, -0.1) is 18.1 Å². The summed E-state index contributed by atoms with van der Waals surface area (Å²) < 4.78 is 15.9. The Labute approximate surface area is 179 Å². The molecule has 0 saturated heterocycles. The van der Waals surface area contributed by atoms with Crippen LogP contribution in [0.2, 0.25) is 0 Å². The molecule has 3 rings (SSSR count). The molecule has 0 saturated carbocycles. The molecule has 0 fully saturated rings. The fraction of sp³-hybridized carbons (Fsp3) is 0.100. The zero-order valence-electron chi connectivity index (χ0n) is 13.5. The Morgan fingerprint density at radius 2 is 1.83 bits per heavy atom. The van der Waals surface area contributed by atoms with Crippen molar-refractivity contribution in [3.63, 3.8) is 0 Å². The first-order valence-corrected chi connectivity index (χ1v) is 7.07. The first kappa shape index (κ1) is 18.2. The maximum Gasteiger partial charge on any atom is 1.00 e. The minimum Gasteiger partial charge on any atom is -0.345 e. The normalized spacial score (nSPS) is 9.70. The third-order valence-electron chi connectivity index (χ3n) is 3.57. The van der Waals surface area contributed by atoms with Gasteiger partial charge in [-0.2, -0.15) is 18.2 Å². The summed E-state index contributed by atoms with van der Waals surface area (Å²) >= 11 is 0. The van der Waals surface area contributed by atoms with Crippen LogP contribution in [0.1, 0.15) is 18.1 Å². The van der Waals surface area contributed by atoms with E-state index in [4.69, 9.17) is 0 Å². The molecule has 1 nitrogen and oxygen atoms in total. The molecule has 108 valence electrons. The van der Waals surface area contributed by atoms with Crippen molar-refractivity contribution in [1.29, 1.82) is 0 Å². The van der Waals surface area contributed by atoms with Gasteiger partial charge in [0.25, 0.3) is 0 Å². The van der Waals surface area contributed by atoms with Gasteiger partial charge in [-0.05, 0) is 31.0 Å². The summed E-state index contributed by atoms with van der Waals surface area (Å²) in [4.78, 5) is 0. The van der Waals surface area contributed by atoms with Gasteiger partial charge in [0.2, 0.25) is 0 Å². The van der Waals surface area contributed by atoms with Gasteiger partial charge in [0.1, 0.15) is 5.82 Å². The van der Waals surface area contributed by atoms with Crippen molar-refractivity contribution in [1.82, 2.24) is 4.57 Å². The Balaban J connectivity index is 0.00000192. The van der Waals surface area contributed by atoms with E-state index in [0.717, 1.165) is 22.4 Å². The summed E-state index contributed by atoms with van der Waals surface area (Å²) in [5, 5.41) is 0. The smallest absolute Gasteiger partial charge is 0.345 e. The maximum atomic E-state index is 13.9. The molecular weight excluding hydrogens is 312 g/mol. The average Bonchev–Trinajstić information content (AvgIpc) is 2.95. The molecule has 1 aromatic heterocycles. The molecule has 3 aromatic rings. The minimum absolute atomic E-state index is 0. The van der Waals surface area contributed by atoms with E-state index in [9.17, 15) is 4.39 Å². The van der Waals surface area contributed by atoms with E-state index in [1.165, 1.54) is 0 Å². The number of nitrogens with zero attached hydrogens (tertiary/aromatic N) is 1. The van der Waals surface area contributed by atoms with E-state index in [1.54, 1.807) is 26.0 Å². The van der Waals surface area contributed by atoms with Crippen LogP contribution < -0.4 is 51.4 Å². The van der Waals surface area contributed by atoms with Crippen molar-refractivity contribution in [3.8, 4) is 28.7 Å². The van der Waals surface area contributed by atoms with E-state index in [-0.39, 0.29) is 57.2 Å². The second-order valence-electron chi connectivity index (χ2n) is 5.09. The first-order valence-electron chi connectivity index (χ1n) is 7.07. The quantitative estimate of drug-likeness (QED) is 0.384. The summed E-state index contributed by atoms with van der Waals surface area (Å²) in [6.45, 7) is 3.56. The summed E-state index contributed by atoms with van der Waals surface area (Å²) in [6.07, 6.45) is 3.96. The van der Waals surface area contributed by atoms with Gasteiger partial charge in [0.05, 0.1) is 5.56 Å². The molecule has 0 N–H and O–H groups in total. The summed E-state index contributed by atoms with van der Waals surface area (Å²) in [5.74, 6) is 5.82. The van der Waals surface area contributed by atoms with Crippen molar-refractivity contribution in [3.05, 3.63) is 77.9 Å². The Morgan fingerprint density at radius 1 is 1.09 bits per heavy atom. The monoisotopic (exact) mass is 327 g/mol. The van der Waals surface area contributed by atoms with Crippen LogP contribution in [0.3, 0.4) is 0 Å². The van der Waals surface area contributed by atoms with Crippen LogP contribution in [-0.4, -0.2) is 4.57 Å². The molecule has 0 aliphatic rings. The molecule has 3 heteroatoms. The van der Waals surface area contributed by atoms with Gasteiger partial charge in [0.15, 0.2) is 0 Å². The van der Waals surface area contributed by atoms with E-state index < -0.39 is 0 Å². The topological polar surface area (TPSA) is 4.93 Å². The van der Waals surface area contributed by atoms with Crippen LogP contribution >= 0.6 is 0 Å². The largest absolute Gasteiger partial charge is 1.00 e. The number of rotatable bonds is 2. The summed E-state index contributed by atoms with van der Waals surface area (Å²) in [7, 11) is 0. The second kappa shape index (κ2) is 8.10. The van der Waals surface area contributed by atoms with Gasteiger partial charge >= 0.3 is 51.4 Å². The Bertz CT molecular complexity index is 870. The fourth-order valence-corrected chi connectivity index (χ4v) is 2.38. The van der Waals surface area contributed by atoms with Crippen molar-refractivity contribution in [2.75, 3.05) is 0 Å². The van der Waals surface area contributed by atoms with Gasteiger partial charge in [-0.1, -0.05) is 23.7 Å². The van der Waals surface area contributed by atoms with Crippen LogP contribution in [0.4, 0.5) is 4.39 Å². The van der Waals surface area contributed by atoms with Gasteiger partial charge < -0.3 is 4.57 Å². The number of aromatic nitrogens is 1.